The third kappa shape index (κ3) is 14.0. The summed E-state index contributed by atoms with van der Waals surface area (Å²) in [5.74, 6) is 2.91. The van der Waals surface area contributed by atoms with Gasteiger partial charge in [0.15, 0.2) is 0 Å². The molecule has 0 amide bonds. The van der Waals surface area contributed by atoms with Gasteiger partial charge in [0, 0.05) is 29.7 Å². The topological polar surface area (TPSA) is 76.9 Å². The Labute approximate surface area is 223 Å². The first-order valence-electron chi connectivity index (χ1n) is 12.5. The molecule has 0 fully saturated rings. The molecule has 0 unspecified atom stereocenters. The monoisotopic (exact) mass is 522 g/mol. The van der Waals surface area contributed by atoms with Crippen LogP contribution in [0.25, 0.3) is 11.1 Å². The largest absolute Gasteiger partial charge is 0.397 e. The first-order chi connectivity index (χ1) is 16.4. The average molecular weight is 523 g/mol. The standard InChI is InChI=1S/C26H32N2.2C2H6O.Ni/c1-5-7-11-24(19-28-27)25(13-8-6-2)26(22-16-14-20(3)15-17-22)23-12-9-10-21(4)18-23;2*1-2-3;/h9-10,12,14-18H,5-8,11,13H2,1-4H3;2*3H,2H2,1H3;. The Morgan fingerprint density at radius 2 is 1.34 bits per heavy atom. The summed E-state index contributed by atoms with van der Waals surface area (Å²) < 4.78 is 0. The van der Waals surface area contributed by atoms with Crippen molar-refractivity contribution in [3.8, 4) is 0 Å². The number of hydrogen-bond donors (Lipinski definition) is 2. The molecular formula is C30H44N2NiO2. The van der Waals surface area contributed by atoms with E-state index in [0.717, 1.165) is 44.1 Å². The van der Waals surface area contributed by atoms with E-state index in [9.17, 15) is 5.53 Å². The summed E-state index contributed by atoms with van der Waals surface area (Å²) in [6, 6.07) is 17.4. The summed E-state index contributed by atoms with van der Waals surface area (Å²) >= 11 is 0. The van der Waals surface area contributed by atoms with E-state index in [1.54, 1.807) is 13.8 Å². The minimum atomic E-state index is 0. The van der Waals surface area contributed by atoms with Crippen LogP contribution < -0.4 is 0 Å². The van der Waals surface area contributed by atoms with Crippen LogP contribution in [0.4, 0.5) is 0 Å². The van der Waals surface area contributed by atoms with Gasteiger partial charge in [0.2, 0.25) is 0 Å². The molecule has 2 N–H and O–H groups in total. The second-order valence-electron chi connectivity index (χ2n) is 8.12. The Morgan fingerprint density at radius 3 is 1.83 bits per heavy atom. The number of allylic oxidation sites excluding steroid dienone is 2. The summed E-state index contributed by atoms with van der Waals surface area (Å²) in [5.41, 5.74) is 17.7. The minimum absolute atomic E-state index is 0. The maximum absolute atomic E-state index is 9.28. The van der Waals surface area contributed by atoms with Crippen molar-refractivity contribution < 1.29 is 31.5 Å². The molecule has 0 aliphatic heterocycles. The van der Waals surface area contributed by atoms with Gasteiger partial charge >= 0.3 is 5.87 Å². The van der Waals surface area contributed by atoms with Crippen LogP contribution in [0.5, 0.6) is 0 Å². The molecule has 0 bridgehead atoms. The van der Waals surface area contributed by atoms with Gasteiger partial charge in [-0.15, -0.1) is 4.79 Å². The second-order valence-corrected chi connectivity index (χ2v) is 8.12. The number of unbranched alkanes of at least 4 members (excludes halogenated alkanes) is 2. The molecule has 2 rings (SSSR count). The normalized spacial score (nSPS) is 10.2. The van der Waals surface area contributed by atoms with Crippen molar-refractivity contribution in [2.75, 3.05) is 13.2 Å². The van der Waals surface area contributed by atoms with Crippen LogP contribution in [0.3, 0.4) is 0 Å². The summed E-state index contributed by atoms with van der Waals surface area (Å²) in [6.45, 7) is 12.5. The number of benzene rings is 2. The molecular weight excluding hydrogens is 479 g/mol. The fourth-order valence-electron chi connectivity index (χ4n) is 3.50. The number of hydrogen-bond acceptors (Lipinski definition) is 2. The van der Waals surface area contributed by atoms with Gasteiger partial charge < -0.3 is 15.7 Å². The number of nitrogens with zero attached hydrogens (tertiary/aromatic N) is 2. The van der Waals surface area contributed by atoms with Crippen molar-refractivity contribution in [3.05, 3.63) is 87.5 Å². The van der Waals surface area contributed by atoms with Crippen molar-refractivity contribution >= 4 is 11.4 Å². The summed E-state index contributed by atoms with van der Waals surface area (Å²) in [4.78, 5) is 3.30. The van der Waals surface area contributed by atoms with Crippen molar-refractivity contribution in [1.82, 2.24) is 0 Å². The van der Waals surface area contributed by atoms with E-state index in [-0.39, 0.29) is 29.7 Å². The van der Waals surface area contributed by atoms with E-state index < -0.39 is 0 Å². The average Bonchev–Trinajstić information content (AvgIpc) is 2.81. The molecule has 5 heteroatoms. The number of rotatable bonds is 9. The van der Waals surface area contributed by atoms with E-state index in [1.165, 1.54) is 33.4 Å². The molecule has 35 heavy (non-hydrogen) atoms. The Morgan fingerprint density at radius 1 is 0.800 bits per heavy atom. The molecule has 0 atom stereocenters. The Hall–Kier alpha value is -2.25. The van der Waals surface area contributed by atoms with Gasteiger partial charge in [0.1, 0.15) is 0 Å². The van der Waals surface area contributed by atoms with Gasteiger partial charge in [-0.2, -0.15) is 0 Å². The summed E-state index contributed by atoms with van der Waals surface area (Å²) in [5, 5.41) is 15.1. The van der Waals surface area contributed by atoms with E-state index in [2.05, 4.69) is 86.9 Å². The van der Waals surface area contributed by atoms with Gasteiger partial charge in [0.25, 0.3) is 0 Å². The van der Waals surface area contributed by atoms with Crippen LogP contribution in [-0.4, -0.2) is 34.1 Å². The summed E-state index contributed by atoms with van der Waals surface area (Å²) in [6.07, 6.45) is 6.20. The van der Waals surface area contributed by atoms with Gasteiger partial charge in [-0.25, -0.2) is 0 Å². The van der Waals surface area contributed by atoms with Crippen molar-refractivity contribution in [3.63, 3.8) is 0 Å². The molecule has 2 aromatic carbocycles. The second kappa shape index (κ2) is 22.2. The first kappa shape index (κ1) is 34.9. The fraction of sp³-hybridized carbons (Fsp3) is 0.467. The fourth-order valence-corrected chi connectivity index (χ4v) is 3.50. The molecule has 196 valence electrons. The van der Waals surface area contributed by atoms with E-state index in [0.29, 0.717) is 0 Å². The molecule has 0 saturated carbocycles. The molecule has 0 radical (unpaired) electrons. The Kier molecular flexibility index (Phi) is 22.2. The maximum Gasteiger partial charge on any atom is 0.303 e. The van der Waals surface area contributed by atoms with E-state index >= 15 is 0 Å². The SMILES string of the molecule is CCCCC(=C=[N+]=[N-])C(CCCC)=C(c1ccc(C)cc1)c1cccc(C)c1.CCO.CCO.[Ni]. The molecule has 0 aliphatic carbocycles. The molecule has 2 aromatic rings. The smallest absolute Gasteiger partial charge is 0.303 e. The summed E-state index contributed by atoms with van der Waals surface area (Å²) in [7, 11) is 0. The number of aliphatic hydroxyl groups excluding tert-OH is 2. The quantitative estimate of drug-likeness (QED) is 0.119. The first-order valence-corrected chi connectivity index (χ1v) is 12.5. The van der Waals surface area contributed by atoms with Crippen LogP contribution in [0.15, 0.2) is 59.7 Å². The number of aryl methyl sites for hydroxylation is 2. The zero-order chi connectivity index (χ0) is 25.8. The van der Waals surface area contributed by atoms with Gasteiger partial charge in [-0.3, -0.25) is 0 Å². The predicted molar refractivity (Wildman–Crippen MR) is 145 cm³/mol. The van der Waals surface area contributed by atoms with Crippen molar-refractivity contribution in [1.29, 1.82) is 0 Å². The van der Waals surface area contributed by atoms with Gasteiger partial charge in [-0.05, 0) is 75.7 Å². The zero-order valence-electron chi connectivity index (χ0n) is 22.4. The van der Waals surface area contributed by atoms with Crippen LogP contribution in [-0.2, 0) is 16.5 Å². The van der Waals surface area contributed by atoms with Crippen molar-refractivity contribution in [2.24, 2.45) is 0 Å². The zero-order valence-corrected chi connectivity index (χ0v) is 23.4. The third-order valence-electron chi connectivity index (χ3n) is 5.06. The molecule has 4 nitrogen and oxygen atoms in total. The van der Waals surface area contributed by atoms with Crippen LogP contribution in [0, 0.1) is 13.8 Å². The molecule has 0 saturated heterocycles. The van der Waals surface area contributed by atoms with E-state index in [4.69, 9.17) is 10.2 Å². The molecule has 0 spiro atoms. The van der Waals surface area contributed by atoms with Crippen LogP contribution in [0.1, 0.15) is 88.5 Å². The van der Waals surface area contributed by atoms with Crippen LogP contribution >= 0.6 is 0 Å². The maximum atomic E-state index is 9.28. The molecule has 0 aromatic heterocycles. The van der Waals surface area contributed by atoms with Gasteiger partial charge in [0.05, 0.1) is 5.57 Å². The predicted octanol–water partition coefficient (Wildman–Crippen LogP) is 7.31. The Bertz CT molecular complexity index is 937. The molecule has 0 aliphatic rings. The molecule has 0 heterocycles. The number of aliphatic hydroxyl groups is 2. The Balaban J connectivity index is 0. The third-order valence-corrected chi connectivity index (χ3v) is 5.06. The van der Waals surface area contributed by atoms with E-state index in [1.807, 2.05) is 0 Å². The van der Waals surface area contributed by atoms with Crippen LogP contribution in [0.2, 0.25) is 0 Å². The van der Waals surface area contributed by atoms with Gasteiger partial charge in [-0.1, -0.05) is 86.3 Å². The minimum Gasteiger partial charge on any atom is -0.397 e. The van der Waals surface area contributed by atoms with Crippen molar-refractivity contribution in [2.45, 2.75) is 80.1 Å².